The van der Waals surface area contributed by atoms with Gasteiger partial charge >= 0.3 is 0 Å². The zero-order chi connectivity index (χ0) is 17.2. The van der Waals surface area contributed by atoms with Crippen LogP contribution in [-0.2, 0) is 0 Å². The first kappa shape index (κ1) is 15.2. The van der Waals surface area contributed by atoms with E-state index in [0.29, 0.717) is 0 Å². The SMILES string of the molecule is COc1ccc2c(-c3ccccc3)nc(Nc3cc(C)[nH]n3)cc2c1. The van der Waals surface area contributed by atoms with Gasteiger partial charge in [0.1, 0.15) is 11.6 Å². The molecule has 0 bridgehead atoms. The molecule has 0 spiro atoms. The number of aromatic nitrogens is 3. The Morgan fingerprint density at radius 1 is 0.960 bits per heavy atom. The normalized spacial score (nSPS) is 10.8. The summed E-state index contributed by atoms with van der Waals surface area (Å²) in [4.78, 5) is 4.83. The van der Waals surface area contributed by atoms with Gasteiger partial charge < -0.3 is 10.1 Å². The van der Waals surface area contributed by atoms with Gasteiger partial charge in [0.2, 0.25) is 0 Å². The second-order valence-electron chi connectivity index (χ2n) is 5.87. The van der Waals surface area contributed by atoms with Crippen LogP contribution in [0.5, 0.6) is 5.75 Å². The van der Waals surface area contributed by atoms with Crippen LogP contribution in [0.2, 0.25) is 0 Å². The van der Waals surface area contributed by atoms with E-state index in [1.54, 1.807) is 7.11 Å². The van der Waals surface area contributed by atoms with Crippen molar-refractivity contribution in [2.24, 2.45) is 0 Å². The topological polar surface area (TPSA) is 62.8 Å². The maximum Gasteiger partial charge on any atom is 0.153 e. The number of pyridine rings is 1. The zero-order valence-electron chi connectivity index (χ0n) is 14.1. The van der Waals surface area contributed by atoms with E-state index in [9.17, 15) is 0 Å². The molecule has 5 heteroatoms. The van der Waals surface area contributed by atoms with Crippen LogP contribution in [0.1, 0.15) is 5.69 Å². The number of benzene rings is 2. The van der Waals surface area contributed by atoms with Gasteiger partial charge in [-0.2, -0.15) is 5.10 Å². The van der Waals surface area contributed by atoms with E-state index in [4.69, 9.17) is 9.72 Å². The number of aromatic amines is 1. The number of hydrogen-bond acceptors (Lipinski definition) is 4. The minimum Gasteiger partial charge on any atom is -0.497 e. The second-order valence-corrected chi connectivity index (χ2v) is 5.87. The molecule has 4 rings (SSSR count). The lowest BCUT2D eigenvalue weighted by Crippen LogP contribution is -1.97. The molecule has 0 amide bonds. The fraction of sp³-hybridized carbons (Fsp3) is 0.100. The van der Waals surface area contributed by atoms with Crippen molar-refractivity contribution in [2.75, 3.05) is 12.4 Å². The Kier molecular flexibility index (Phi) is 3.82. The molecule has 0 aliphatic rings. The Bertz CT molecular complexity index is 1020. The Balaban J connectivity index is 1.88. The summed E-state index contributed by atoms with van der Waals surface area (Å²) in [5, 5.41) is 12.6. The minimum absolute atomic E-state index is 0.742. The summed E-state index contributed by atoms with van der Waals surface area (Å²) in [7, 11) is 1.67. The van der Waals surface area contributed by atoms with Crippen molar-refractivity contribution in [1.82, 2.24) is 15.2 Å². The number of fused-ring (bicyclic) bond motifs is 1. The van der Waals surface area contributed by atoms with E-state index in [0.717, 1.165) is 45.1 Å². The van der Waals surface area contributed by atoms with Crippen LogP contribution in [0, 0.1) is 6.92 Å². The fourth-order valence-corrected chi connectivity index (χ4v) is 2.86. The summed E-state index contributed by atoms with van der Waals surface area (Å²) in [5.41, 5.74) is 2.99. The van der Waals surface area contributed by atoms with Crippen molar-refractivity contribution in [3.63, 3.8) is 0 Å². The molecule has 2 aromatic heterocycles. The number of ether oxygens (including phenoxy) is 1. The lowest BCUT2D eigenvalue weighted by atomic mass is 10.0. The second kappa shape index (κ2) is 6.28. The van der Waals surface area contributed by atoms with Crippen molar-refractivity contribution in [3.05, 3.63) is 66.4 Å². The molecule has 25 heavy (non-hydrogen) atoms. The van der Waals surface area contributed by atoms with Gasteiger partial charge in [-0.25, -0.2) is 4.98 Å². The third-order valence-electron chi connectivity index (χ3n) is 4.05. The smallest absolute Gasteiger partial charge is 0.153 e. The lowest BCUT2D eigenvalue weighted by molar-refractivity contribution is 0.415. The van der Waals surface area contributed by atoms with Crippen LogP contribution >= 0.6 is 0 Å². The molecular weight excluding hydrogens is 312 g/mol. The van der Waals surface area contributed by atoms with Gasteiger partial charge in [-0.05, 0) is 36.6 Å². The van der Waals surface area contributed by atoms with Crippen LogP contribution in [0.4, 0.5) is 11.6 Å². The quantitative estimate of drug-likeness (QED) is 0.570. The highest BCUT2D eigenvalue weighted by Gasteiger charge is 2.10. The average molecular weight is 330 g/mol. The summed E-state index contributed by atoms with van der Waals surface area (Å²) in [6, 6.07) is 20.1. The molecule has 2 aromatic carbocycles. The third-order valence-corrected chi connectivity index (χ3v) is 4.05. The molecular formula is C20H18N4O. The molecule has 0 fully saturated rings. The van der Waals surface area contributed by atoms with Crippen LogP contribution in [0.3, 0.4) is 0 Å². The number of rotatable bonds is 4. The van der Waals surface area contributed by atoms with E-state index in [2.05, 4.69) is 27.6 Å². The Morgan fingerprint density at radius 3 is 2.52 bits per heavy atom. The van der Waals surface area contributed by atoms with Gasteiger partial charge in [0.15, 0.2) is 5.82 Å². The van der Waals surface area contributed by atoms with Crippen molar-refractivity contribution in [3.8, 4) is 17.0 Å². The minimum atomic E-state index is 0.742. The molecule has 0 unspecified atom stereocenters. The predicted octanol–water partition coefficient (Wildman–Crippen LogP) is 4.69. The van der Waals surface area contributed by atoms with E-state index in [-0.39, 0.29) is 0 Å². The van der Waals surface area contributed by atoms with E-state index >= 15 is 0 Å². The average Bonchev–Trinajstić information content (AvgIpc) is 3.06. The maximum absolute atomic E-state index is 5.37. The van der Waals surface area contributed by atoms with E-state index < -0.39 is 0 Å². The highest BCUT2D eigenvalue weighted by atomic mass is 16.5. The molecule has 124 valence electrons. The van der Waals surface area contributed by atoms with E-state index in [1.807, 2.05) is 55.5 Å². The summed E-state index contributed by atoms with van der Waals surface area (Å²) in [6.45, 7) is 1.96. The Morgan fingerprint density at radius 2 is 1.80 bits per heavy atom. The number of aryl methyl sites for hydroxylation is 1. The fourth-order valence-electron chi connectivity index (χ4n) is 2.86. The first-order chi connectivity index (χ1) is 12.2. The van der Waals surface area contributed by atoms with Crippen LogP contribution in [0.15, 0.2) is 60.7 Å². The number of methoxy groups -OCH3 is 1. The third kappa shape index (κ3) is 3.04. The highest BCUT2D eigenvalue weighted by Crippen LogP contribution is 2.32. The van der Waals surface area contributed by atoms with Crippen molar-refractivity contribution >= 4 is 22.4 Å². The van der Waals surface area contributed by atoms with Gasteiger partial charge in [-0.3, -0.25) is 5.10 Å². The van der Waals surface area contributed by atoms with Gasteiger partial charge in [-0.1, -0.05) is 30.3 Å². The van der Waals surface area contributed by atoms with Crippen molar-refractivity contribution < 1.29 is 4.74 Å². The molecule has 0 saturated carbocycles. The van der Waals surface area contributed by atoms with Crippen molar-refractivity contribution in [1.29, 1.82) is 0 Å². The van der Waals surface area contributed by atoms with Gasteiger partial charge in [0, 0.05) is 22.7 Å². The molecule has 0 saturated heterocycles. The largest absolute Gasteiger partial charge is 0.497 e. The van der Waals surface area contributed by atoms with Gasteiger partial charge in [0.05, 0.1) is 12.8 Å². The summed E-state index contributed by atoms with van der Waals surface area (Å²) in [5.74, 6) is 2.30. The lowest BCUT2D eigenvalue weighted by Gasteiger charge is -2.11. The highest BCUT2D eigenvalue weighted by molar-refractivity contribution is 5.97. The molecule has 0 aliphatic heterocycles. The molecule has 0 radical (unpaired) electrons. The number of hydrogen-bond donors (Lipinski definition) is 2. The Hall–Kier alpha value is -3.34. The molecule has 5 nitrogen and oxygen atoms in total. The van der Waals surface area contributed by atoms with Crippen LogP contribution < -0.4 is 10.1 Å². The number of nitrogens with one attached hydrogen (secondary N) is 2. The first-order valence-corrected chi connectivity index (χ1v) is 8.06. The van der Waals surface area contributed by atoms with Gasteiger partial charge in [-0.15, -0.1) is 0 Å². The summed E-state index contributed by atoms with van der Waals surface area (Å²) in [6.07, 6.45) is 0. The van der Waals surface area contributed by atoms with Crippen LogP contribution in [-0.4, -0.2) is 22.3 Å². The molecule has 0 atom stereocenters. The molecule has 4 aromatic rings. The monoisotopic (exact) mass is 330 g/mol. The maximum atomic E-state index is 5.37. The van der Waals surface area contributed by atoms with Gasteiger partial charge in [0.25, 0.3) is 0 Å². The summed E-state index contributed by atoms with van der Waals surface area (Å²) >= 11 is 0. The van der Waals surface area contributed by atoms with E-state index in [1.165, 1.54) is 0 Å². The molecule has 2 heterocycles. The first-order valence-electron chi connectivity index (χ1n) is 8.06. The molecule has 0 aliphatic carbocycles. The summed E-state index contributed by atoms with van der Waals surface area (Å²) < 4.78 is 5.37. The number of anilines is 2. The Labute approximate surface area is 145 Å². The van der Waals surface area contributed by atoms with Crippen LogP contribution in [0.25, 0.3) is 22.0 Å². The number of H-pyrrole nitrogens is 1. The standard InChI is InChI=1S/C20H18N4O/c1-13-10-19(24-23-13)21-18-12-15-11-16(25-2)8-9-17(15)20(22-18)14-6-4-3-5-7-14/h3-12H,1-2H3,(H2,21,22,23,24). The predicted molar refractivity (Wildman–Crippen MR) is 100 cm³/mol. The number of nitrogens with zero attached hydrogens (tertiary/aromatic N) is 2. The van der Waals surface area contributed by atoms with Crippen molar-refractivity contribution in [2.45, 2.75) is 6.92 Å². The molecule has 2 N–H and O–H groups in total. The zero-order valence-corrected chi connectivity index (χ0v) is 14.1.